The summed E-state index contributed by atoms with van der Waals surface area (Å²) in [7, 11) is -3.60. The molecule has 0 saturated carbocycles. The van der Waals surface area contributed by atoms with Gasteiger partial charge < -0.3 is 9.47 Å². The molecule has 2 unspecified atom stereocenters. The number of hydrogen-bond donors (Lipinski definition) is 0. The molecule has 3 aromatic carbocycles. The van der Waals surface area contributed by atoms with Crippen molar-refractivity contribution < 1.29 is 17.9 Å². The van der Waals surface area contributed by atoms with Crippen LogP contribution in [0.25, 0.3) is 0 Å². The Labute approximate surface area is 278 Å². The lowest BCUT2D eigenvalue weighted by atomic mass is 9.90. The van der Waals surface area contributed by atoms with Gasteiger partial charge in [0.15, 0.2) is 9.84 Å². The molecule has 0 radical (unpaired) electrons. The molecule has 1 aliphatic rings. The molecule has 5 heteroatoms. The average molecular weight is 641 g/mol. The van der Waals surface area contributed by atoms with Gasteiger partial charge in [0.1, 0.15) is 24.2 Å². The summed E-state index contributed by atoms with van der Waals surface area (Å²) in [5, 5.41) is -0.667. The van der Waals surface area contributed by atoms with Gasteiger partial charge in [0.05, 0.1) is 10.1 Å². The molecule has 46 heavy (non-hydrogen) atoms. The minimum Gasteiger partial charge on any atom is -0.490 e. The zero-order chi connectivity index (χ0) is 33.3. The van der Waals surface area contributed by atoms with E-state index in [4.69, 9.17) is 9.47 Å². The third-order valence-electron chi connectivity index (χ3n) is 9.10. The second-order valence-electron chi connectivity index (χ2n) is 13.1. The Morgan fingerprint density at radius 2 is 1.48 bits per heavy atom. The summed E-state index contributed by atoms with van der Waals surface area (Å²) in [5.41, 5.74) is 9.37. The summed E-state index contributed by atoms with van der Waals surface area (Å²) in [6.07, 6.45) is 12.2. The van der Waals surface area contributed by atoms with Gasteiger partial charge in [-0.2, -0.15) is 0 Å². The standard InChI is InChI=1S/C41H52O4S/c1-29(2)16-14-17-30(3)18-15-19-31(4)26-38(46(42,43)37-22-12-9-13-23-37)27-36-24-25-39-34(7)40(32(5)33(6)41(39)45-36)44-28-35-20-10-8-11-21-35/h8-13,16,18,20-23,26,36,38H,14-15,17,19,24-25,27-28H2,1-7H3/b30-18+,31-26+. The van der Waals surface area contributed by atoms with Crippen LogP contribution < -0.4 is 9.47 Å². The van der Waals surface area contributed by atoms with E-state index in [9.17, 15) is 8.42 Å². The summed E-state index contributed by atoms with van der Waals surface area (Å²) >= 11 is 0. The molecule has 0 N–H and O–H groups in total. The van der Waals surface area contributed by atoms with Gasteiger partial charge in [0, 0.05) is 12.0 Å². The molecule has 0 saturated heterocycles. The van der Waals surface area contributed by atoms with Crippen LogP contribution >= 0.6 is 0 Å². The molecule has 2 atom stereocenters. The highest BCUT2D eigenvalue weighted by Gasteiger charge is 2.33. The van der Waals surface area contributed by atoms with Crippen LogP contribution in [0.2, 0.25) is 0 Å². The van der Waals surface area contributed by atoms with E-state index in [-0.39, 0.29) is 6.10 Å². The number of allylic oxidation sites excluding steroid dienone is 5. The van der Waals surface area contributed by atoms with Crippen LogP contribution in [0.15, 0.2) is 101 Å². The number of ether oxygens (including phenoxy) is 2. The SMILES string of the molecule is CC(C)=CCC/C(C)=C/CC/C(C)=C/C(CC1CCc2c(C)c(OCc3ccccc3)c(C)c(C)c2O1)S(=O)(=O)c1ccccc1. The minimum absolute atomic E-state index is 0.203. The van der Waals surface area contributed by atoms with Crippen molar-refractivity contribution in [2.45, 2.75) is 116 Å². The maximum Gasteiger partial charge on any atom is 0.184 e. The highest BCUT2D eigenvalue weighted by Crippen LogP contribution is 2.42. The molecule has 246 valence electrons. The van der Waals surface area contributed by atoms with Crippen LogP contribution in [0, 0.1) is 20.8 Å². The van der Waals surface area contributed by atoms with E-state index in [1.807, 2.05) is 30.3 Å². The maximum absolute atomic E-state index is 14.0. The van der Waals surface area contributed by atoms with Gasteiger partial charge in [-0.3, -0.25) is 0 Å². The van der Waals surface area contributed by atoms with Crippen LogP contribution in [0.4, 0.5) is 0 Å². The number of fused-ring (bicyclic) bond motifs is 1. The Bertz CT molecular complexity index is 1660. The highest BCUT2D eigenvalue weighted by molar-refractivity contribution is 7.92. The van der Waals surface area contributed by atoms with Crippen molar-refractivity contribution in [2.75, 3.05) is 0 Å². The first-order valence-corrected chi connectivity index (χ1v) is 18.2. The van der Waals surface area contributed by atoms with E-state index in [2.05, 4.69) is 72.8 Å². The summed E-state index contributed by atoms with van der Waals surface area (Å²) in [5.74, 6) is 1.81. The molecular formula is C41H52O4S. The molecule has 1 aliphatic heterocycles. The van der Waals surface area contributed by atoms with Crippen molar-refractivity contribution >= 4 is 9.84 Å². The Morgan fingerprint density at radius 1 is 0.848 bits per heavy atom. The molecule has 0 aromatic heterocycles. The van der Waals surface area contributed by atoms with Gasteiger partial charge in [-0.1, -0.05) is 83.5 Å². The zero-order valence-corrected chi connectivity index (χ0v) is 29.7. The van der Waals surface area contributed by atoms with Gasteiger partial charge >= 0.3 is 0 Å². The fourth-order valence-corrected chi connectivity index (χ4v) is 7.99. The lowest BCUT2D eigenvalue weighted by Gasteiger charge is -2.32. The van der Waals surface area contributed by atoms with Crippen LogP contribution in [-0.4, -0.2) is 19.8 Å². The summed E-state index contributed by atoms with van der Waals surface area (Å²) in [4.78, 5) is 0.360. The van der Waals surface area contributed by atoms with E-state index in [1.54, 1.807) is 24.3 Å². The Morgan fingerprint density at radius 3 is 2.15 bits per heavy atom. The molecule has 0 spiro atoms. The van der Waals surface area contributed by atoms with Crippen LogP contribution in [-0.2, 0) is 22.9 Å². The average Bonchev–Trinajstić information content (AvgIpc) is 3.04. The second kappa shape index (κ2) is 16.3. The van der Waals surface area contributed by atoms with Crippen molar-refractivity contribution in [1.29, 1.82) is 0 Å². The van der Waals surface area contributed by atoms with E-state index >= 15 is 0 Å². The molecule has 1 heterocycles. The van der Waals surface area contributed by atoms with E-state index < -0.39 is 15.1 Å². The fourth-order valence-electron chi connectivity index (χ4n) is 6.23. The predicted octanol–water partition coefficient (Wildman–Crippen LogP) is 10.5. The van der Waals surface area contributed by atoms with Crippen molar-refractivity contribution in [3.63, 3.8) is 0 Å². The Kier molecular flexibility index (Phi) is 12.5. The first kappa shape index (κ1) is 35.3. The lowest BCUT2D eigenvalue weighted by Crippen LogP contribution is -2.32. The van der Waals surface area contributed by atoms with Gasteiger partial charge in [-0.15, -0.1) is 0 Å². The van der Waals surface area contributed by atoms with E-state index in [1.165, 1.54) is 16.7 Å². The van der Waals surface area contributed by atoms with Gasteiger partial charge in [-0.05, 0) is 121 Å². The molecule has 0 fully saturated rings. The van der Waals surface area contributed by atoms with Crippen LogP contribution in [0.3, 0.4) is 0 Å². The predicted molar refractivity (Wildman–Crippen MR) is 192 cm³/mol. The molecule has 0 amide bonds. The summed E-state index contributed by atoms with van der Waals surface area (Å²) in [6, 6.07) is 19.1. The third kappa shape index (κ3) is 9.25. The van der Waals surface area contributed by atoms with Gasteiger partial charge in [0.2, 0.25) is 0 Å². The molecule has 3 aromatic rings. The number of sulfone groups is 1. The first-order valence-electron chi connectivity index (χ1n) is 16.7. The molecule has 0 bridgehead atoms. The van der Waals surface area contributed by atoms with E-state index in [0.29, 0.717) is 17.9 Å². The number of rotatable bonds is 14. The van der Waals surface area contributed by atoms with Crippen molar-refractivity contribution in [1.82, 2.24) is 0 Å². The van der Waals surface area contributed by atoms with Gasteiger partial charge in [0.25, 0.3) is 0 Å². The Hall–Kier alpha value is -3.57. The molecule has 4 rings (SSSR count). The number of hydrogen-bond acceptors (Lipinski definition) is 4. The summed E-state index contributed by atoms with van der Waals surface area (Å²) in [6.45, 7) is 15.3. The molecule has 4 nitrogen and oxygen atoms in total. The third-order valence-corrected chi connectivity index (χ3v) is 11.2. The fraction of sp³-hybridized carbons (Fsp3) is 0.415. The minimum atomic E-state index is -3.60. The van der Waals surface area contributed by atoms with Crippen molar-refractivity contribution in [3.8, 4) is 11.5 Å². The maximum atomic E-state index is 14.0. The van der Waals surface area contributed by atoms with Gasteiger partial charge in [-0.25, -0.2) is 8.42 Å². The summed E-state index contributed by atoms with van der Waals surface area (Å²) < 4.78 is 41.1. The normalized spacial score (nSPS) is 15.9. The highest BCUT2D eigenvalue weighted by atomic mass is 32.2. The largest absolute Gasteiger partial charge is 0.490 e. The number of benzene rings is 3. The second-order valence-corrected chi connectivity index (χ2v) is 15.3. The Balaban J connectivity index is 1.53. The van der Waals surface area contributed by atoms with Crippen molar-refractivity contribution in [3.05, 3.63) is 123 Å². The zero-order valence-electron chi connectivity index (χ0n) is 28.9. The van der Waals surface area contributed by atoms with Crippen LogP contribution in [0.5, 0.6) is 11.5 Å². The smallest absolute Gasteiger partial charge is 0.184 e. The van der Waals surface area contributed by atoms with E-state index in [0.717, 1.165) is 77.9 Å². The monoisotopic (exact) mass is 640 g/mol. The van der Waals surface area contributed by atoms with Crippen LogP contribution in [0.1, 0.15) is 94.0 Å². The molecule has 0 aliphatic carbocycles. The van der Waals surface area contributed by atoms with Crippen molar-refractivity contribution in [2.24, 2.45) is 0 Å². The first-order chi connectivity index (χ1) is 22.0. The lowest BCUT2D eigenvalue weighted by molar-refractivity contribution is 0.163. The molecular weight excluding hydrogens is 589 g/mol. The topological polar surface area (TPSA) is 52.6 Å². The quantitative estimate of drug-likeness (QED) is 0.165.